The Morgan fingerprint density at radius 2 is 1.65 bits per heavy atom. The van der Waals surface area contributed by atoms with Gasteiger partial charge in [0.05, 0.1) is 22.3 Å². The summed E-state index contributed by atoms with van der Waals surface area (Å²) in [5, 5.41) is 8.79. The summed E-state index contributed by atoms with van der Waals surface area (Å²) < 4.78 is 64.6. The summed E-state index contributed by atoms with van der Waals surface area (Å²) in [4.78, 5) is 13.6. The maximum atomic E-state index is 13.4. The third kappa shape index (κ3) is 5.66. The largest absolute Gasteiger partial charge is 0.339 e. The van der Waals surface area contributed by atoms with E-state index in [1.165, 1.54) is 41.3 Å². The highest BCUT2D eigenvalue weighted by atomic mass is 32.2. The number of sulfone groups is 1. The van der Waals surface area contributed by atoms with Crippen molar-refractivity contribution in [1.29, 1.82) is 5.26 Å². The summed E-state index contributed by atoms with van der Waals surface area (Å²) in [6.45, 7) is 0.0556. The second-order valence-corrected chi connectivity index (χ2v) is 11.1. The molecule has 1 amide bonds. The zero-order valence-corrected chi connectivity index (χ0v) is 18.1. The number of benzene rings is 2. The lowest BCUT2D eigenvalue weighted by molar-refractivity contribution is -0.129. The second kappa shape index (κ2) is 9.13. The molecule has 164 valence electrons. The van der Waals surface area contributed by atoms with Crippen molar-refractivity contribution in [3.05, 3.63) is 65.5 Å². The van der Waals surface area contributed by atoms with Gasteiger partial charge in [0.2, 0.25) is 15.9 Å². The molecule has 0 N–H and O–H groups in total. The minimum atomic E-state index is -3.90. The number of halogens is 1. The van der Waals surface area contributed by atoms with Crippen molar-refractivity contribution < 1.29 is 26.0 Å². The van der Waals surface area contributed by atoms with E-state index in [1.807, 2.05) is 6.07 Å². The Morgan fingerprint density at radius 3 is 2.23 bits per heavy atom. The molecule has 0 radical (unpaired) electrons. The third-order valence-corrected chi connectivity index (χ3v) is 8.19. The van der Waals surface area contributed by atoms with Gasteiger partial charge in [-0.05, 0) is 35.9 Å². The predicted octanol–water partition coefficient (Wildman–Crippen LogP) is 1.15. The van der Waals surface area contributed by atoms with Crippen LogP contribution in [0.4, 0.5) is 4.39 Å². The maximum absolute atomic E-state index is 13.4. The maximum Gasteiger partial charge on any atom is 0.243 e. The number of hydrogen-bond donors (Lipinski definition) is 0. The number of rotatable bonds is 6. The first-order valence-electron chi connectivity index (χ1n) is 9.34. The van der Waals surface area contributed by atoms with Gasteiger partial charge in [0.1, 0.15) is 11.6 Å². The fourth-order valence-corrected chi connectivity index (χ4v) is 6.03. The van der Waals surface area contributed by atoms with Crippen molar-refractivity contribution in [2.45, 2.75) is 10.6 Å². The third-order valence-electron chi connectivity index (χ3n) is 4.84. The van der Waals surface area contributed by atoms with Crippen LogP contribution in [0.2, 0.25) is 0 Å². The van der Waals surface area contributed by atoms with E-state index in [0.717, 1.165) is 16.4 Å². The Labute approximate surface area is 180 Å². The normalized spacial score (nSPS) is 15.4. The van der Waals surface area contributed by atoms with Crippen LogP contribution in [-0.4, -0.2) is 63.9 Å². The van der Waals surface area contributed by atoms with Gasteiger partial charge in [-0.15, -0.1) is 0 Å². The van der Waals surface area contributed by atoms with E-state index in [0.29, 0.717) is 11.1 Å². The zero-order valence-electron chi connectivity index (χ0n) is 16.4. The van der Waals surface area contributed by atoms with E-state index in [-0.39, 0.29) is 36.8 Å². The standard InChI is InChI=1S/C20H20FN3O5S2/c21-18-2-1-3-19(12-18)31(28,29)24-10-8-23(9-11-24)20(25)15-30(26,27)14-17-6-4-16(13-22)5-7-17/h1-7,12H,8-11,14-15H2. The molecule has 2 aromatic rings. The molecule has 0 atom stereocenters. The van der Waals surface area contributed by atoms with Gasteiger partial charge in [-0.1, -0.05) is 18.2 Å². The Bertz CT molecular complexity index is 1210. The van der Waals surface area contributed by atoms with Gasteiger partial charge in [-0.25, -0.2) is 21.2 Å². The number of hydrogen-bond acceptors (Lipinski definition) is 6. The first-order valence-corrected chi connectivity index (χ1v) is 12.6. The molecule has 0 unspecified atom stereocenters. The molecule has 0 spiro atoms. The minimum Gasteiger partial charge on any atom is -0.339 e. The highest BCUT2D eigenvalue weighted by molar-refractivity contribution is 7.91. The molecule has 1 aliphatic heterocycles. The van der Waals surface area contributed by atoms with Crippen LogP contribution in [0.5, 0.6) is 0 Å². The summed E-state index contributed by atoms with van der Waals surface area (Å²) in [5.41, 5.74) is 0.876. The minimum absolute atomic E-state index is 0.0136. The van der Waals surface area contributed by atoms with E-state index in [9.17, 15) is 26.0 Å². The van der Waals surface area contributed by atoms with Crippen molar-refractivity contribution >= 4 is 25.8 Å². The van der Waals surface area contributed by atoms with Gasteiger partial charge in [-0.3, -0.25) is 4.79 Å². The van der Waals surface area contributed by atoms with Crippen LogP contribution >= 0.6 is 0 Å². The monoisotopic (exact) mass is 465 g/mol. The van der Waals surface area contributed by atoms with E-state index >= 15 is 0 Å². The Kier molecular flexibility index (Phi) is 6.74. The van der Waals surface area contributed by atoms with E-state index in [1.54, 1.807) is 0 Å². The molecule has 0 aliphatic carbocycles. The molecule has 31 heavy (non-hydrogen) atoms. The van der Waals surface area contributed by atoms with Crippen LogP contribution in [0.25, 0.3) is 0 Å². The Hall–Kier alpha value is -2.81. The van der Waals surface area contributed by atoms with E-state index in [4.69, 9.17) is 5.26 Å². The average molecular weight is 466 g/mol. The van der Waals surface area contributed by atoms with Crippen LogP contribution in [0.3, 0.4) is 0 Å². The second-order valence-electron chi connectivity index (χ2n) is 7.08. The summed E-state index contributed by atoms with van der Waals surface area (Å²) in [5.74, 6) is -2.29. The quantitative estimate of drug-likeness (QED) is 0.632. The number of carbonyl (C=O) groups excluding carboxylic acids is 1. The molecule has 1 saturated heterocycles. The number of carbonyl (C=O) groups is 1. The predicted molar refractivity (Wildman–Crippen MR) is 110 cm³/mol. The molecule has 2 aromatic carbocycles. The molecule has 1 fully saturated rings. The van der Waals surface area contributed by atoms with Crippen molar-refractivity contribution in [3.63, 3.8) is 0 Å². The van der Waals surface area contributed by atoms with Crippen LogP contribution < -0.4 is 0 Å². The average Bonchev–Trinajstić information content (AvgIpc) is 2.73. The number of amides is 1. The van der Waals surface area contributed by atoms with E-state index < -0.39 is 37.3 Å². The zero-order chi connectivity index (χ0) is 22.6. The molecule has 0 aromatic heterocycles. The highest BCUT2D eigenvalue weighted by Gasteiger charge is 2.31. The van der Waals surface area contributed by atoms with Gasteiger partial charge < -0.3 is 4.90 Å². The molecule has 0 bridgehead atoms. The molecule has 0 saturated carbocycles. The SMILES string of the molecule is N#Cc1ccc(CS(=O)(=O)CC(=O)N2CCN(S(=O)(=O)c3cccc(F)c3)CC2)cc1. The van der Waals surface area contributed by atoms with Crippen LogP contribution in [-0.2, 0) is 30.4 Å². The molecule has 3 rings (SSSR count). The first-order chi connectivity index (χ1) is 14.6. The van der Waals surface area contributed by atoms with Gasteiger partial charge in [0, 0.05) is 26.2 Å². The van der Waals surface area contributed by atoms with Gasteiger partial charge >= 0.3 is 0 Å². The van der Waals surface area contributed by atoms with Crippen molar-refractivity contribution in [1.82, 2.24) is 9.21 Å². The van der Waals surface area contributed by atoms with Crippen LogP contribution in [0, 0.1) is 17.1 Å². The lowest BCUT2D eigenvalue weighted by Crippen LogP contribution is -2.51. The first kappa shape index (κ1) is 22.9. The molecule has 1 heterocycles. The number of nitrogens with zero attached hydrogens (tertiary/aromatic N) is 3. The molecular weight excluding hydrogens is 445 g/mol. The highest BCUT2D eigenvalue weighted by Crippen LogP contribution is 2.19. The smallest absolute Gasteiger partial charge is 0.243 e. The fourth-order valence-electron chi connectivity index (χ4n) is 3.21. The molecule has 1 aliphatic rings. The summed E-state index contributed by atoms with van der Waals surface area (Å²) in [7, 11) is -7.64. The van der Waals surface area contributed by atoms with Gasteiger partial charge in [0.25, 0.3) is 0 Å². The molecule has 8 nitrogen and oxygen atoms in total. The van der Waals surface area contributed by atoms with Crippen molar-refractivity contribution in [2.75, 3.05) is 31.9 Å². The lowest BCUT2D eigenvalue weighted by atomic mass is 10.2. The van der Waals surface area contributed by atoms with Gasteiger partial charge in [0.15, 0.2) is 9.84 Å². The fraction of sp³-hybridized carbons (Fsp3) is 0.300. The summed E-state index contributed by atoms with van der Waals surface area (Å²) >= 11 is 0. The molecule has 11 heteroatoms. The van der Waals surface area contributed by atoms with Crippen molar-refractivity contribution in [2.24, 2.45) is 0 Å². The van der Waals surface area contributed by atoms with Crippen LogP contribution in [0.1, 0.15) is 11.1 Å². The van der Waals surface area contributed by atoms with Gasteiger partial charge in [-0.2, -0.15) is 9.57 Å². The van der Waals surface area contributed by atoms with Crippen molar-refractivity contribution in [3.8, 4) is 6.07 Å². The van der Waals surface area contributed by atoms with E-state index in [2.05, 4.69) is 0 Å². The number of nitriles is 1. The number of sulfonamides is 1. The summed E-state index contributed by atoms with van der Waals surface area (Å²) in [6, 6.07) is 12.7. The molecular formula is C20H20FN3O5S2. The summed E-state index contributed by atoms with van der Waals surface area (Å²) in [6.07, 6.45) is 0. The Balaban J connectivity index is 1.59. The topological polar surface area (TPSA) is 116 Å². The van der Waals surface area contributed by atoms with Crippen LogP contribution in [0.15, 0.2) is 53.4 Å². The Morgan fingerprint density at radius 1 is 1.00 bits per heavy atom. The number of piperazine rings is 1. The lowest BCUT2D eigenvalue weighted by Gasteiger charge is -2.34.